The van der Waals surface area contributed by atoms with Crippen molar-refractivity contribution in [3.8, 4) is 11.8 Å². The van der Waals surface area contributed by atoms with E-state index in [1.54, 1.807) is 0 Å². The van der Waals surface area contributed by atoms with Crippen molar-refractivity contribution in [1.82, 2.24) is 0 Å². The van der Waals surface area contributed by atoms with Gasteiger partial charge in [0.1, 0.15) is 6.10 Å². The van der Waals surface area contributed by atoms with Crippen molar-refractivity contribution in [2.24, 2.45) is 0 Å². The number of hydrogen-bond acceptors (Lipinski definition) is 3. The molecule has 1 atom stereocenters. The fourth-order valence-corrected chi connectivity index (χ4v) is 2.12. The van der Waals surface area contributed by atoms with Gasteiger partial charge >= 0.3 is 0 Å². The molecule has 0 bridgehead atoms. The van der Waals surface area contributed by atoms with Crippen LogP contribution in [0.5, 0.6) is 0 Å². The average Bonchev–Trinajstić information content (AvgIpc) is 2.44. The molecule has 1 saturated heterocycles. The van der Waals surface area contributed by atoms with Gasteiger partial charge in [0.15, 0.2) is 0 Å². The Labute approximate surface area is 117 Å². The first-order valence-electron chi connectivity index (χ1n) is 7.71. The van der Waals surface area contributed by atoms with Gasteiger partial charge in [-0.25, -0.2) is 0 Å². The van der Waals surface area contributed by atoms with Crippen molar-refractivity contribution in [3.63, 3.8) is 0 Å². The third kappa shape index (κ3) is 6.42. The molecule has 3 nitrogen and oxygen atoms in total. The van der Waals surface area contributed by atoms with Crippen LogP contribution in [0.25, 0.3) is 0 Å². The Morgan fingerprint density at radius 1 is 1.11 bits per heavy atom. The van der Waals surface area contributed by atoms with Crippen molar-refractivity contribution >= 4 is 0 Å². The molecular formula is C16H28O3. The zero-order chi connectivity index (χ0) is 14.0. The van der Waals surface area contributed by atoms with E-state index in [1.807, 2.05) is 0 Å². The summed E-state index contributed by atoms with van der Waals surface area (Å²) in [5, 5.41) is 9.81. The highest BCUT2D eigenvalue weighted by atomic mass is 16.7. The Bertz CT molecular complexity index is 284. The Balaban J connectivity index is 2.55. The predicted molar refractivity (Wildman–Crippen MR) is 76.7 cm³/mol. The van der Waals surface area contributed by atoms with Crippen molar-refractivity contribution in [2.75, 3.05) is 13.2 Å². The molecule has 0 saturated carbocycles. The molecule has 0 aliphatic carbocycles. The maximum atomic E-state index is 9.81. The van der Waals surface area contributed by atoms with Gasteiger partial charge in [0, 0.05) is 6.42 Å². The predicted octanol–water partition coefficient (Wildman–Crippen LogP) is 3.25. The third-order valence-electron chi connectivity index (χ3n) is 3.33. The van der Waals surface area contributed by atoms with Crippen LogP contribution < -0.4 is 0 Å². The normalized spacial score (nSPS) is 19.5. The fourth-order valence-electron chi connectivity index (χ4n) is 2.12. The second-order valence-electron chi connectivity index (χ2n) is 5.19. The van der Waals surface area contributed by atoms with Crippen LogP contribution in [-0.4, -0.2) is 30.2 Å². The molecule has 0 aromatic rings. The van der Waals surface area contributed by atoms with E-state index in [0.717, 1.165) is 44.9 Å². The van der Waals surface area contributed by atoms with Crippen molar-refractivity contribution in [1.29, 1.82) is 0 Å². The lowest BCUT2D eigenvalue weighted by atomic mass is 10.1. The van der Waals surface area contributed by atoms with Gasteiger partial charge in [0.05, 0.1) is 13.2 Å². The van der Waals surface area contributed by atoms with Crippen LogP contribution in [-0.2, 0) is 9.47 Å². The quantitative estimate of drug-likeness (QED) is 0.569. The van der Waals surface area contributed by atoms with E-state index in [9.17, 15) is 5.11 Å². The van der Waals surface area contributed by atoms with E-state index < -0.39 is 11.9 Å². The molecule has 110 valence electrons. The van der Waals surface area contributed by atoms with Crippen LogP contribution in [0, 0.1) is 11.8 Å². The molecule has 0 spiro atoms. The fraction of sp³-hybridized carbons (Fsp3) is 0.875. The van der Waals surface area contributed by atoms with Gasteiger partial charge < -0.3 is 14.6 Å². The highest BCUT2D eigenvalue weighted by Crippen LogP contribution is 2.25. The SMILES string of the molecule is CCCCCC1(C#CC(O)CCCC)OCCCO1. The maximum absolute atomic E-state index is 9.81. The van der Waals surface area contributed by atoms with Gasteiger partial charge in [0.2, 0.25) is 5.79 Å². The topological polar surface area (TPSA) is 38.7 Å². The number of unbranched alkanes of at least 4 members (excludes halogenated alkanes) is 3. The Morgan fingerprint density at radius 3 is 2.42 bits per heavy atom. The molecule has 1 aliphatic rings. The Kier molecular flexibility index (Phi) is 8.13. The first-order chi connectivity index (χ1) is 9.22. The van der Waals surface area contributed by atoms with Crippen LogP contribution in [0.2, 0.25) is 0 Å². The largest absolute Gasteiger partial charge is 0.380 e. The lowest BCUT2D eigenvalue weighted by Gasteiger charge is -2.32. The lowest BCUT2D eigenvalue weighted by molar-refractivity contribution is -0.233. The summed E-state index contributed by atoms with van der Waals surface area (Å²) in [4.78, 5) is 0. The average molecular weight is 268 g/mol. The zero-order valence-electron chi connectivity index (χ0n) is 12.4. The summed E-state index contributed by atoms with van der Waals surface area (Å²) < 4.78 is 11.5. The molecule has 0 aromatic carbocycles. The van der Waals surface area contributed by atoms with E-state index >= 15 is 0 Å². The molecule has 1 heterocycles. The van der Waals surface area contributed by atoms with Gasteiger partial charge in [-0.15, -0.1) is 0 Å². The smallest absolute Gasteiger partial charge is 0.233 e. The third-order valence-corrected chi connectivity index (χ3v) is 3.33. The molecule has 1 aliphatic heterocycles. The summed E-state index contributed by atoms with van der Waals surface area (Å²) in [6.07, 6.45) is 7.36. The van der Waals surface area contributed by atoms with E-state index in [4.69, 9.17) is 9.47 Å². The minimum absolute atomic E-state index is 0.558. The number of ether oxygens (including phenoxy) is 2. The second-order valence-corrected chi connectivity index (χ2v) is 5.19. The van der Waals surface area contributed by atoms with Crippen molar-refractivity contribution in [3.05, 3.63) is 0 Å². The molecule has 0 aromatic heterocycles. The highest BCUT2D eigenvalue weighted by Gasteiger charge is 2.32. The maximum Gasteiger partial charge on any atom is 0.233 e. The Morgan fingerprint density at radius 2 is 1.79 bits per heavy atom. The second kappa shape index (κ2) is 9.36. The molecule has 1 N–H and O–H groups in total. The summed E-state index contributed by atoms with van der Waals surface area (Å²) >= 11 is 0. The summed E-state index contributed by atoms with van der Waals surface area (Å²) in [5.41, 5.74) is 0. The van der Waals surface area contributed by atoms with Crippen molar-refractivity contribution < 1.29 is 14.6 Å². The van der Waals surface area contributed by atoms with Gasteiger partial charge in [0.25, 0.3) is 0 Å². The van der Waals surface area contributed by atoms with Crippen LogP contribution in [0.1, 0.15) is 65.2 Å². The first-order valence-corrected chi connectivity index (χ1v) is 7.71. The van der Waals surface area contributed by atoms with Gasteiger partial charge in [-0.2, -0.15) is 0 Å². The number of rotatable bonds is 7. The summed E-state index contributed by atoms with van der Waals surface area (Å²) in [7, 11) is 0. The van der Waals surface area contributed by atoms with E-state index in [2.05, 4.69) is 25.7 Å². The van der Waals surface area contributed by atoms with Crippen LogP contribution >= 0.6 is 0 Å². The van der Waals surface area contributed by atoms with Crippen molar-refractivity contribution in [2.45, 2.75) is 77.1 Å². The molecule has 0 amide bonds. The molecule has 0 radical (unpaired) electrons. The minimum Gasteiger partial charge on any atom is -0.380 e. The highest BCUT2D eigenvalue weighted by molar-refractivity contribution is 5.14. The lowest BCUT2D eigenvalue weighted by Crippen LogP contribution is -2.39. The molecule has 19 heavy (non-hydrogen) atoms. The van der Waals surface area contributed by atoms with Crippen LogP contribution in [0.4, 0.5) is 0 Å². The zero-order valence-corrected chi connectivity index (χ0v) is 12.4. The molecule has 1 rings (SSSR count). The Hall–Kier alpha value is -0.560. The molecule has 1 unspecified atom stereocenters. The van der Waals surface area contributed by atoms with E-state index in [-0.39, 0.29) is 0 Å². The number of aliphatic hydroxyl groups excluding tert-OH is 1. The number of hydrogen-bond donors (Lipinski definition) is 1. The molecule has 1 fully saturated rings. The monoisotopic (exact) mass is 268 g/mol. The van der Waals surface area contributed by atoms with Gasteiger partial charge in [-0.05, 0) is 25.2 Å². The summed E-state index contributed by atoms with van der Waals surface area (Å²) in [5.74, 6) is 5.21. The molecule has 3 heteroatoms. The standard InChI is InChI=1S/C16H28O3/c1-3-5-7-11-16(18-13-8-14-19-16)12-10-15(17)9-6-4-2/h15,17H,3-9,11,13-14H2,1-2H3. The number of aliphatic hydroxyl groups is 1. The van der Waals surface area contributed by atoms with Crippen LogP contribution in [0.3, 0.4) is 0 Å². The summed E-state index contributed by atoms with van der Waals surface area (Å²) in [6, 6.07) is 0. The van der Waals surface area contributed by atoms with Crippen LogP contribution in [0.15, 0.2) is 0 Å². The van der Waals surface area contributed by atoms with E-state index in [0.29, 0.717) is 13.2 Å². The summed E-state index contributed by atoms with van der Waals surface area (Å²) in [6.45, 7) is 5.69. The minimum atomic E-state index is -0.763. The first kappa shape index (κ1) is 16.5. The molecular weight excluding hydrogens is 240 g/mol. The van der Waals surface area contributed by atoms with Gasteiger partial charge in [-0.1, -0.05) is 45.5 Å². The van der Waals surface area contributed by atoms with Gasteiger partial charge in [-0.3, -0.25) is 0 Å². The van der Waals surface area contributed by atoms with E-state index in [1.165, 1.54) is 6.42 Å².